The summed E-state index contributed by atoms with van der Waals surface area (Å²) in [6.07, 6.45) is 6.51. The number of hydrogen-bond acceptors (Lipinski definition) is 7. The average Bonchev–Trinajstić information content (AvgIpc) is 3.15. The van der Waals surface area contributed by atoms with Gasteiger partial charge in [-0.25, -0.2) is 18.4 Å². The molecule has 54 heavy (non-hydrogen) atoms. The monoisotopic (exact) mass is 746 g/mol. The van der Waals surface area contributed by atoms with Crippen molar-refractivity contribution in [1.29, 1.82) is 0 Å². The number of aliphatic hydroxyl groups excluding tert-OH is 2. The Labute approximate surface area is 319 Å². The van der Waals surface area contributed by atoms with Gasteiger partial charge in [0, 0.05) is 16.6 Å². The molecule has 4 rings (SSSR count). The van der Waals surface area contributed by atoms with Gasteiger partial charge in [-0.3, -0.25) is 0 Å². The van der Waals surface area contributed by atoms with Crippen LogP contribution in [-0.2, 0) is 31.9 Å². The van der Waals surface area contributed by atoms with Crippen molar-refractivity contribution in [3.05, 3.63) is 101 Å². The van der Waals surface area contributed by atoms with Gasteiger partial charge in [-0.1, -0.05) is 64.1 Å². The van der Waals surface area contributed by atoms with Crippen molar-refractivity contribution in [2.45, 2.75) is 91.4 Å². The Morgan fingerprint density at radius 1 is 0.759 bits per heavy atom. The Morgan fingerprint density at radius 2 is 1.26 bits per heavy atom. The van der Waals surface area contributed by atoms with Gasteiger partial charge in [-0.05, 0) is 128 Å². The van der Waals surface area contributed by atoms with E-state index in [2.05, 4.69) is 32.2 Å². The fraction of sp³-hybridized carbons (Fsp3) is 0.467. The second-order valence-corrected chi connectivity index (χ2v) is 15.3. The molecule has 2 N–H and O–H groups in total. The van der Waals surface area contributed by atoms with Crippen molar-refractivity contribution in [3.63, 3.8) is 0 Å². The normalized spacial score (nSPS) is 15.8. The molecule has 9 heteroatoms. The van der Waals surface area contributed by atoms with Crippen molar-refractivity contribution in [2.24, 2.45) is 11.3 Å². The lowest BCUT2D eigenvalue weighted by Crippen LogP contribution is -2.28. The maximum atomic E-state index is 16.2. The number of carbonyl (C=O) groups excluding carboxylic acids is 2. The Bertz CT molecular complexity index is 1690. The van der Waals surface area contributed by atoms with Gasteiger partial charge in [-0.15, -0.1) is 0 Å². The van der Waals surface area contributed by atoms with Crippen LogP contribution in [0.1, 0.15) is 95.2 Å². The summed E-state index contributed by atoms with van der Waals surface area (Å²) in [4.78, 5) is 24.1. The standard InChI is InChI=1S/C45H56F2O7/c1-29(2)43(50)53-20-7-9-35-23-38(24-36(10-8-21-54-44(51)30(3)4)42(35)52-22-19-45(6,27-48)28-49)41-39(46)25-37(26-40(41)47)34-17-15-33(16-18-34)32-13-11-31(5)12-14-32/h15-18,23-26,31-32,48-49H,1,3,7-14,19-22,27-28H2,2,4-6H3. The zero-order valence-electron chi connectivity index (χ0n) is 32.3. The van der Waals surface area contributed by atoms with Gasteiger partial charge in [0.1, 0.15) is 17.4 Å². The molecule has 0 radical (unpaired) electrons. The topological polar surface area (TPSA) is 102 Å². The molecule has 1 saturated carbocycles. The minimum atomic E-state index is -0.781. The van der Waals surface area contributed by atoms with Crippen molar-refractivity contribution in [3.8, 4) is 28.0 Å². The quantitative estimate of drug-likeness (QED) is 0.0716. The van der Waals surface area contributed by atoms with Crippen molar-refractivity contribution < 1.29 is 42.8 Å². The number of hydrogen-bond donors (Lipinski definition) is 2. The minimum Gasteiger partial charge on any atom is -0.493 e. The summed E-state index contributed by atoms with van der Waals surface area (Å²) < 4.78 is 49.3. The van der Waals surface area contributed by atoms with Gasteiger partial charge in [0.2, 0.25) is 0 Å². The molecule has 0 spiro atoms. The van der Waals surface area contributed by atoms with Crippen molar-refractivity contribution in [1.82, 2.24) is 0 Å². The number of aliphatic hydroxyl groups is 2. The highest BCUT2D eigenvalue weighted by molar-refractivity contribution is 5.87. The lowest BCUT2D eigenvalue weighted by molar-refractivity contribution is -0.139. The average molecular weight is 747 g/mol. The van der Waals surface area contributed by atoms with Crippen LogP contribution in [0.25, 0.3) is 22.3 Å². The molecule has 0 heterocycles. The molecule has 1 aliphatic rings. The zero-order chi connectivity index (χ0) is 39.4. The molecule has 1 aliphatic carbocycles. The Morgan fingerprint density at radius 3 is 1.72 bits per heavy atom. The van der Waals surface area contributed by atoms with Crippen LogP contribution in [0.2, 0.25) is 0 Å². The van der Waals surface area contributed by atoms with Gasteiger partial charge in [0.15, 0.2) is 0 Å². The van der Waals surface area contributed by atoms with E-state index >= 15 is 8.78 Å². The largest absolute Gasteiger partial charge is 0.493 e. The third-order valence-corrected chi connectivity index (χ3v) is 10.4. The van der Waals surface area contributed by atoms with Gasteiger partial charge < -0.3 is 24.4 Å². The number of halogens is 2. The Kier molecular flexibility index (Phi) is 15.6. The molecule has 0 unspecified atom stereocenters. The molecule has 7 nitrogen and oxygen atoms in total. The Hall–Kier alpha value is -4.34. The highest BCUT2D eigenvalue weighted by Crippen LogP contribution is 2.39. The lowest BCUT2D eigenvalue weighted by atomic mass is 9.79. The third kappa shape index (κ3) is 11.6. The first-order valence-electron chi connectivity index (χ1n) is 19.0. The molecule has 0 aromatic heterocycles. The van der Waals surface area contributed by atoms with E-state index in [9.17, 15) is 19.8 Å². The fourth-order valence-electron chi connectivity index (χ4n) is 6.72. The Balaban J connectivity index is 1.69. The zero-order valence-corrected chi connectivity index (χ0v) is 32.3. The first-order chi connectivity index (χ1) is 25.7. The van der Waals surface area contributed by atoms with Gasteiger partial charge in [0.25, 0.3) is 0 Å². The van der Waals surface area contributed by atoms with Gasteiger partial charge in [0.05, 0.1) is 38.6 Å². The number of carbonyl (C=O) groups is 2. The lowest BCUT2D eigenvalue weighted by Gasteiger charge is -2.26. The first-order valence-corrected chi connectivity index (χ1v) is 19.0. The van der Waals surface area contributed by atoms with Crippen LogP contribution < -0.4 is 4.74 Å². The van der Waals surface area contributed by atoms with Crippen molar-refractivity contribution in [2.75, 3.05) is 33.0 Å². The van der Waals surface area contributed by atoms with E-state index in [-0.39, 0.29) is 49.7 Å². The molecule has 0 aliphatic heterocycles. The summed E-state index contributed by atoms with van der Waals surface area (Å²) in [7, 11) is 0. The SMILES string of the molecule is C=C(C)C(=O)OCCCc1cc(-c2c(F)cc(-c3ccc(C4CCC(C)CC4)cc3)cc2F)cc(CCCOC(=O)C(=C)C)c1OCCC(C)(CO)CO. The summed E-state index contributed by atoms with van der Waals surface area (Å²) in [5.41, 5.74) is 3.59. The number of aryl methyl sites for hydroxylation is 2. The maximum Gasteiger partial charge on any atom is 0.333 e. The third-order valence-electron chi connectivity index (χ3n) is 10.4. The molecule has 3 aromatic carbocycles. The van der Waals surface area contributed by atoms with Gasteiger partial charge in [-0.2, -0.15) is 0 Å². The molecule has 0 atom stereocenters. The summed E-state index contributed by atoms with van der Waals surface area (Å²) in [6.45, 7) is 14.2. The smallest absolute Gasteiger partial charge is 0.333 e. The highest BCUT2D eigenvalue weighted by atomic mass is 19.1. The predicted molar refractivity (Wildman–Crippen MR) is 208 cm³/mol. The van der Waals surface area contributed by atoms with E-state index in [0.717, 1.165) is 24.3 Å². The molecule has 0 bridgehead atoms. The van der Waals surface area contributed by atoms with E-state index < -0.39 is 29.0 Å². The number of ether oxygens (including phenoxy) is 3. The summed E-state index contributed by atoms with van der Waals surface area (Å²) in [6, 6.07) is 14.1. The summed E-state index contributed by atoms with van der Waals surface area (Å²) >= 11 is 0. The molecular formula is C45H56F2O7. The number of rotatable bonds is 19. The molecule has 3 aromatic rings. The molecule has 292 valence electrons. The van der Waals surface area contributed by atoms with Crippen LogP contribution in [0.5, 0.6) is 5.75 Å². The maximum absolute atomic E-state index is 16.2. The molecule has 0 amide bonds. The summed E-state index contributed by atoms with van der Waals surface area (Å²) in [5, 5.41) is 19.7. The number of benzene rings is 3. The van der Waals surface area contributed by atoms with Gasteiger partial charge >= 0.3 is 11.9 Å². The highest BCUT2D eigenvalue weighted by Gasteiger charge is 2.25. The van der Waals surface area contributed by atoms with Crippen molar-refractivity contribution >= 4 is 11.9 Å². The minimum absolute atomic E-state index is 0.0880. The van der Waals surface area contributed by atoms with E-state index in [1.54, 1.807) is 32.9 Å². The van der Waals surface area contributed by atoms with E-state index in [4.69, 9.17) is 14.2 Å². The second-order valence-electron chi connectivity index (χ2n) is 15.3. The first kappa shape index (κ1) is 42.4. The second kappa shape index (κ2) is 19.8. The fourth-order valence-corrected chi connectivity index (χ4v) is 6.72. The molecule has 1 fully saturated rings. The molecular weight excluding hydrogens is 690 g/mol. The van der Waals surface area contributed by atoms with Crippen LogP contribution in [0, 0.1) is 23.0 Å². The van der Waals surface area contributed by atoms with E-state index in [1.165, 1.54) is 30.5 Å². The van der Waals surface area contributed by atoms with Crippen LogP contribution in [0.15, 0.2) is 72.8 Å². The van der Waals surface area contributed by atoms with E-state index in [1.807, 2.05) is 12.1 Å². The predicted octanol–water partition coefficient (Wildman–Crippen LogP) is 9.46. The summed E-state index contributed by atoms with van der Waals surface area (Å²) in [5.74, 6) is -0.716. The van der Waals surface area contributed by atoms with E-state index in [0.29, 0.717) is 66.0 Å². The van der Waals surface area contributed by atoms with Crippen LogP contribution in [0.3, 0.4) is 0 Å². The number of esters is 2. The van der Waals surface area contributed by atoms with Crippen LogP contribution in [-0.4, -0.2) is 55.2 Å². The van der Waals surface area contributed by atoms with Crippen LogP contribution >= 0.6 is 0 Å². The molecule has 0 saturated heterocycles. The van der Waals surface area contributed by atoms with Crippen LogP contribution in [0.4, 0.5) is 8.78 Å².